The number of para-hydroxylation sites is 1. The fourth-order valence-electron chi connectivity index (χ4n) is 5.15. The summed E-state index contributed by atoms with van der Waals surface area (Å²) in [5.74, 6) is 1.83. The molecule has 2 aliphatic heterocycles. The normalized spacial score (nSPS) is 24.5. The van der Waals surface area contributed by atoms with E-state index >= 15 is 0 Å². The lowest BCUT2D eigenvalue weighted by Gasteiger charge is -2.26. The summed E-state index contributed by atoms with van der Waals surface area (Å²) in [6, 6.07) is 10.8. The van der Waals surface area contributed by atoms with Crippen molar-refractivity contribution in [2.45, 2.75) is 45.4 Å². The molecule has 0 amide bonds. The zero-order valence-corrected chi connectivity index (χ0v) is 19.0. The van der Waals surface area contributed by atoms with Gasteiger partial charge >= 0.3 is 0 Å². The molecule has 0 radical (unpaired) electrons. The number of guanidine groups is 1. The Balaban J connectivity index is 0.00000210. The summed E-state index contributed by atoms with van der Waals surface area (Å²) in [6.45, 7) is 8.80. The lowest BCUT2D eigenvalue weighted by Crippen LogP contribution is -2.41. The third kappa shape index (κ3) is 4.90. The van der Waals surface area contributed by atoms with Crippen LogP contribution in [0.1, 0.15) is 45.4 Å². The van der Waals surface area contributed by atoms with Gasteiger partial charge in [0.15, 0.2) is 5.96 Å². The van der Waals surface area contributed by atoms with Gasteiger partial charge in [-0.1, -0.05) is 31.0 Å². The lowest BCUT2D eigenvalue weighted by atomic mass is 9.86. The summed E-state index contributed by atoms with van der Waals surface area (Å²) in [5.41, 5.74) is 1.96. The maximum absolute atomic E-state index is 5.06. The molecule has 2 saturated heterocycles. The molecule has 0 bridgehead atoms. The van der Waals surface area contributed by atoms with Crippen LogP contribution < -0.4 is 10.2 Å². The van der Waals surface area contributed by atoms with Crippen LogP contribution in [0, 0.1) is 11.3 Å². The molecule has 27 heavy (non-hydrogen) atoms. The highest BCUT2D eigenvalue weighted by Crippen LogP contribution is 2.45. The Labute approximate surface area is 181 Å². The van der Waals surface area contributed by atoms with Gasteiger partial charge in [0, 0.05) is 45.0 Å². The van der Waals surface area contributed by atoms with E-state index < -0.39 is 0 Å². The number of nitrogens with one attached hydrogen (secondary N) is 1. The van der Waals surface area contributed by atoms with Crippen LogP contribution in [-0.2, 0) is 0 Å². The van der Waals surface area contributed by atoms with E-state index in [-0.39, 0.29) is 24.0 Å². The van der Waals surface area contributed by atoms with Gasteiger partial charge in [-0.25, -0.2) is 0 Å². The van der Waals surface area contributed by atoms with Gasteiger partial charge in [0.2, 0.25) is 0 Å². The van der Waals surface area contributed by atoms with Crippen molar-refractivity contribution in [3.8, 4) is 0 Å². The third-order valence-electron chi connectivity index (χ3n) is 6.64. The first-order valence-electron chi connectivity index (χ1n) is 10.6. The van der Waals surface area contributed by atoms with Crippen LogP contribution in [0.25, 0.3) is 0 Å². The molecule has 3 fully saturated rings. The average molecular weight is 482 g/mol. The van der Waals surface area contributed by atoms with Crippen LogP contribution in [0.5, 0.6) is 0 Å². The molecule has 1 aromatic carbocycles. The highest BCUT2D eigenvalue weighted by molar-refractivity contribution is 14.0. The number of nitrogens with zero attached hydrogens (tertiary/aromatic N) is 3. The lowest BCUT2D eigenvalue weighted by molar-refractivity contribution is 0.309. The van der Waals surface area contributed by atoms with Gasteiger partial charge in [0.05, 0.1) is 0 Å². The largest absolute Gasteiger partial charge is 0.371 e. The van der Waals surface area contributed by atoms with Gasteiger partial charge in [-0.05, 0) is 56.1 Å². The molecule has 5 heteroatoms. The first-order chi connectivity index (χ1) is 12.8. The zero-order chi connectivity index (χ0) is 17.8. The summed E-state index contributed by atoms with van der Waals surface area (Å²) < 4.78 is 0. The van der Waals surface area contributed by atoms with Crippen molar-refractivity contribution in [3.63, 3.8) is 0 Å². The molecule has 4 rings (SSSR count). The monoisotopic (exact) mass is 482 g/mol. The summed E-state index contributed by atoms with van der Waals surface area (Å²) in [4.78, 5) is 10.1. The number of anilines is 1. The number of halogens is 1. The number of likely N-dealkylation sites (tertiary alicyclic amines) is 1. The molecule has 1 saturated carbocycles. The van der Waals surface area contributed by atoms with E-state index in [0.717, 1.165) is 32.1 Å². The minimum atomic E-state index is 0. The summed E-state index contributed by atoms with van der Waals surface area (Å²) in [6.07, 6.45) is 8.33. The second-order valence-electron chi connectivity index (χ2n) is 8.51. The predicted molar refractivity (Wildman–Crippen MR) is 125 cm³/mol. The van der Waals surface area contributed by atoms with Crippen molar-refractivity contribution in [2.24, 2.45) is 16.3 Å². The van der Waals surface area contributed by atoms with Crippen LogP contribution in [0.15, 0.2) is 35.3 Å². The number of hydrogen-bond donors (Lipinski definition) is 1. The van der Waals surface area contributed by atoms with Crippen molar-refractivity contribution >= 4 is 35.6 Å². The first-order valence-corrected chi connectivity index (χ1v) is 10.6. The second-order valence-corrected chi connectivity index (χ2v) is 8.51. The van der Waals surface area contributed by atoms with E-state index in [4.69, 9.17) is 4.99 Å². The van der Waals surface area contributed by atoms with Gasteiger partial charge in [0.25, 0.3) is 0 Å². The Hall–Kier alpha value is -0.980. The topological polar surface area (TPSA) is 30.9 Å². The van der Waals surface area contributed by atoms with E-state index in [1.54, 1.807) is 0 Å². The fourth-order valence-corrected chi connectivity index (χ4v) is 5.15. The van der Waals surface area contributed by atoms with Gasteiger partial charge in [-0.15, -0.1) is 24.0 Å². The maximum Gasteiger partial charge on any atom is 0.193 e. The van der Waals surface area contributed by atoms with E-state index in [2.05, 4.69) is 52.4 Å². The van der Waals surface area contributed by atoms with E-state index in [0.29, 0.717) is 11.3 Å². The fraction of sp³-hybridized carbons (Fsp3) is 0.682. The van der Waals surface area contributed by atoms with Crippen molar-refractivity contribution in [2.75, 3.05) is 44.2 Å². The zero-order valence-electron chi connectivity index (χ0n) is 16.7. The Morgan fingerprint density at radius 3 is 2.67 bits per heavy atom. The predicted octanol–water partition coefficient (Wildman–Crippen LogP) is 4.36. The molecule has 1 aliphatic carbocycles. The molecule has 2 heterocycles. The highest BCUT2D eigenvalue weighted by Gasteiger charge is 2.41. The molecular formula is C22H35IN4. The van der Waals surface area contributed by atoms with E-state index in [1.165, 1.54) is 57.3 Å². The Kier molecular flexibility index (Phi) is 7.29. The summed E-state index contributed by atoms with van der Waals surface area (Å²) >= 11 is 0. The molecule has 1 spiro atoms. The molecule has 150 valence electrons. The third-order valence-corrected chi connectivity index (χ3v) is 6.64. The molecule has 3 aliphatic rings. The smallest absolute Gasteiger partial charge is 0.193 e. The average Bonchev–Trinajstić information content (AvgIpc) is 3.42. The Morgan fingerprint density at radius 1 is 1.15 bits per heavy atom. The Bertz CT molecular complexity index is 612. The minimum Gasteiger partial charge on any atom is -0.371 e. The number of rotatable bonds is 4. The minimum absolute atomic E-state index is 0. The summed E-state index contributed by atoms with van der Waals surface area (Å²) in [7, 11) is 0. The first kappa shape index (κ1) is 20.7. The van der Waals surface area contributed by atoms with Crippen molar-refractivity contribution in [3.05, 3.63) is 30.3 Å². The van der Waals surface area contributed by atoms with Crippen molar-refractivity contribution in [1.29, 1.82) is 0 Å². The maximum atomic E-state index is 5.06. The van der Waals surface area contributed by atoms with E-state index in [9.17, 15) is 0 Å². The molecule has 1 atom stereocenters. The van der Waals surface area contributed by atoms with Crippen LogP contribution >= 0.6 is 24.0 Å². The van der Waals surface area contributed by atoms with Crippen molar-refractivity contribution in [1.82, 2.24) is 10.2 Å². The number of benzene rings is 1. The molecule has 0 aromatic heterocycles. The van der Waals surface area contributed by atoms with Gasteiger partial charge < -0.3 is 15.1 Å². The van der Waals surface area contributed by atoms with Crippen LogP contribution in [0.2, 0.25) is 0 Å². The molecule has 1 unspecified atom stereocenters. The molecule has 1 N–H and O–H groups in total. The summed E-state index contributed by atoms with van der Waals surface area (Å²) in [5, 5.41) is 3.56. The van der Waals surface area contributed by atoms with Crippen LogP contribution in [0.4, 0.5) is 5.69 Å². The second kappa shape index (κ2) is 9.48. The van der Waals surface area contributed by atoms with E-state index in [1.807, 2.05) is 0 Å². The molecular weight excluding hydrogens is 447 g/mol. The molecule has 1 aromatic rings. The van der Waals surface area contributed by atoms with Gasteiger partial charge in [0.1, 0.15) is 0 Å². The van der Waals surface area contributed by atoms with Crippen LogP contribution in [0.3, 0.4) is 0 Å². The van der Waals surface area contributed by atoms with Gasteiger partial charge in [-0.2, -0.15) is 0 Å². The quantitative estimate of drug-likeness (QED) is 0.393. The highest BCUT2D eigenvalue weighted by atomic mass is 127. The van der Waals surface area contributed by atoms with Crippen LogP contribution in [-0.4, -0.2) is 50.1 Å². The SMILES string of the molecule is CCNC(=NCC1CCN(c2ccccc2)C1)N1CCC2(CCCC2)C1.I. The molecule has 4 nitrogen and oxygen atoms in total. The van der Waals surface area contributed by atoms with Crippen molar-refractivity contribution < 1.29 is 0 Å². The van der Waals surface area contributed by atoms with Gasteiger partial charge in [-0.3, -0.25) is 4.99 Å². The number of hydrogen-bond acceptors (Lipinski definition) is 2. The standard InChI is InChI=1S/C22H34N4.HI/c1-2-23-21(26-15-13-22(18-26)11-6-7-12-22)24-16-19-10-14-25(17-19)20-8-4-3-5-9-20;/h3-5,8-9,19H,2,6-7,10-18H2,1H3,(H,23,24);1H. The number of aliphatic imine (C=N–C) groups is 1. The Morgan fingerprint density at radius 2 is 1.93 bits per heavy atom.